The van der Waals surface area contributed by atoms with Crippen LogP contribution in [0.15, 0.2) is 12.2 Å². The van der Waals surface area contributed by atoms with E-state index in [-0.39, 0.29) is 12.0 Å². The molecule has 3 saturated heterocycles. The highest BCUT2D eigenvalue weighted by atomic mass is 16.7. The molecule has 0 radical (unpaired) electrons. The van der Waals surface area contributed by atoms with Gasteiger partial charge < -0.3 is 24.4 Å². The average molecular weight is 294 g/mol. The summed E-state index contributed by atoms with van der Waals surface area (Å²) in [5.41, 5.74) is -2.38. The van der Waals surface area contributed by atoms with Crippen molar-refractivity contribution in [1.29, 1.82) is 0 Å². The number of carbonyl (C=O) groups is 1. The zero-order valence-corrected chi connectivity index (χ0v) is 11.9. The van der Waals surface area contributed by atoms with Gasteiger partial charge in [-0.3, -0.25) is 4.79 Å². The van der Waals surface area contributed by atoms with Gasteiger partial charge in [-0.15, -0.1) is 0 Å². The number of hydrogen-bond donors (Lipinski definition) is 2. The Morgan fingerprint density at radius 2 is 2.10 bits per heavy atom. The van der Waals surface area contributed by atoms with Crippen LogP contribution in [0.5, 0.6) is 0 Å². The van der Waals surface area contributed by atoms with Gasteiger partial charge in [0, 0.05) is 5.92 Å². The lowest BCUT2D eigenvalue weighted by atomic mass is 9.52. The van der Waals surface area contributed by atoms with Gasteiger partial charge in [0.05, 0.1) is 17.9 Å². The van der Waals surface area contributed by atoms with Gasteiger partial charge in [-0.25, -0.2) is 0 Å². The molecule has 5 rings (SSSR count). The lowest BCUT2D eigenvalue weighted by Crippen LogP contribution is -2.70. The number of rotatable bonds is 1. The summed E-state index contributed by atoms with van der Waals surface area (Å²) in [4.78, 5) is 12.4. The number of aliphatic hydroxyl groups is 2. The maximum atomic E-state index is 12.4. The maximum absolute atomic E-state index is 12.4. The van der Waals surface area contributed by atoms with Crippen LogP contribution < -0.4 is 0 Å². The van der Waals surface area contributed by atoms with Crippen LogP contribution in [0.3, 0.4) is 0 Å². The first-order valence-corrected chi connectivity index (χ1v) is 7.36. The summed E-state index contributed by atoms with van der Waals surface area (Å²) >= 11 is 0. The van der Waals surface area contributed by atoms with E-state index in [1.54, 1.807) is 13.8 Å². The molecule has 6 heteroatoms. The maximum Gasteiger partial charge on any atom is 0.313 e. The lowest BCUT2D eigenvalue weighted by molar-refractivity contribution is -0.232. The molecule has 2 bridgehead atoms. The van der Waals surface area contributed by atoms with Crippen LogP contribution in [0.2, 0.25) is 0 Å². The van der Waals surface area contributed by atoms with E-state index in [4.69, 9.17) is 14.2 Å². The average Bonchev–Trinajstić information content (AvgIpc) is 3.27. The summed E-state index contributed by atoms with van der Waals surface area (Å²) in [6, 6.07) is 0. The van der Waals surface area contributed by atoms with Gasteiger partial charge in [0.2, 0.25) is 0 Å². The summed E-state index contributed by atoms with van der Waals surface area (Å²) < 4.78 is 16.7. The van der Waals surface area contributed by atoms with Crippen LogP contribution in [0.25, 0.3) is 0 Å². The number of fused-ring (bicyclic) bond motifs is 8. The van der Waals surface area contributed by atoms with Crippen molar-refractivity contribution in [2.75, 3.05) is 6.61 Å². The van der Waals surface area contributed by atoms with E-state index in [1.807, 2.05) is 0 Å². The first kappa shape index (κ1) is 12.6. The lowest BCUT2D eigenvalue weighted by Gasteiger charge is -2.54. The minimum atomic E-state index is -1.47. The second kappa shape index (κ2) is 3.06. The fraction of sp³-hybridized carbons (Fsp3) is 0.800. The minimum absolute atomic E-state index is 0.236. The molecule has 3 heterocycles. The van der Waals surface area contributed by atoms with Crippen LogP contribution in [-0.2, 0) is 19.0 Å². The van der Waals surface area contributed by atoms with Crippen molar-refractivity contribution in [1.82, 2.24) is 0 Å². The monoisotopic (exact) mass is 294 g/mol. The van der Waals surface area contributed by atoms with Gasteiger partial charge in [-0.2, -0.15) is 0 Å². The number of carbonyl (C=O) groups excluding carboxylic acids is 1. The van der Waals surface area contributed by atoms with Crippen LogP contribution in [0.1, 0.15) is 13.8 Å². The van der Waals surface area contributed by atoms with Gasteiger partial charge in [-0.05, 0) is 6.92 Å². The zero-order valence-electron chi connectivity index (χ0n) is 11.9. The molecule has 114 valence electrons. The number of epoxide rings is 2. The molecule has 2 aliphatic carbocycles. The fourth-order valence-corrected chi connectivity index (χ4v) is 5.49. The van der Waals surface area contributed by atoms with Crippen molar-refractivity contribution in [3.63, 3.8) is 0 Å². The van der Waals surface area contributed by atoms with Crippen LogP contribution >= 0.6 is 0 Å². The summed E-state index contributed by atoms with van der Waals surface area (Å²) in [6.07, 6.45) is -2.37. The third-order valence-corrected chi connectivity index (χ3v) is 6.72. The van der Waals surface area contributed by atoms with Crippen molar-refractivity contribution in [2.45, 2.75) is 49.5 Å². The number of ether oxygens (including phenoxy) is 3. The van der Waals surface area contributed by atoms with Gasteiger partial charge >= 0.3 is 5.97 Å². The summed E-state index contributed by atoms with van der Waals surface area (Å²) in [6.45, 7) is 7.96. The number of aliphatic hydroxyl groups excluding tert-OH is 1. The third-order valence-electron chi connectivity index (χ3n) is 6.72. The van der Waals surface area contributed by atoms with Crippen LogP contribution in [0, 0.1) is 17.3 Å². The Labute approximate surface area is 121 Å². The summed E-state index contributed by atoms with van der Waals surface area (Å²) in [7, 11) is 0. The first-order valence-electron chi connectivity index (χ1n) is 7.36. The van der Waals surface area contributed by atoms with Crippen molar-refractivity contribution in [2.24, 2.45) is 17.3 Å². The van der Waals surface area contributed by atoms with Crippen LogP contribution in [0.4, 0.5) is 0 Å². The fourth-order valence-electron chi connectivity index (χ4n) is 5.49. The second-order valence-electron chi connectivity index (χ2n) is 7.38. The normalized spacial score (nSPS) is 65.8. The van der Waals surface area contributed by atoms with Gasteiger partial charge in [-0.1, -0.05) is 19.1 Å². The topological polar surface area (TPSA) is 91.8 Å². The summed E-state index contributed by atoms with van der Waals surface area (Å²) in [5, 5.41) is 22.4. The predicted molar refractivity (Wildman–Crippen MR) is 68.1 cm³/mol. The summed E-state index contributed by atoms with van der Waals surface area (Å²) in [5.74, 6) is -1.60. The molecule has 9 atom stereocenters. The molecule has 6 nitrogen and oxygen atoms in total. The van der Waals surface area contributed by atoms with Crippen molar-refractivity contribution in [3.05, 3.63) is 12.2 Å². The van der Waals surface area contributed by atoms with Gasteiger partial charge in [0.15, 0.2) is 0 Å². The van der Waals surface area contributed by atoms with E-state index in [0.29, 0.717) is 6.61 Å². The molecular weight excluding hydrogens is 276 g/mol. The third kappa shape index (κ3) is 0.958. The number of hydrogen-bond acceptors (Lipinski definition) is 6. The van der Waals surface area contributed by atoms with E-state index in [1.165, 1.54) is 0 Å². The van der Waals surface area contributed by atoms with Gasteiger partial charge in [0.25, 0.3) is 0 Å². The highest BCUT2D eigenvalue weighted by Crippen LogP contribution is 2.75. The quantitative estimate of drug-likeness (QED) is 0.380. The molecule has 2 N–H and O–H groups in total. The molecule has 0 aromatic rings. The molecule has 0 unspecified atom stereocenters. The Kier molecular flexibility index (Phi) is 1.83. The minimum Gasteiger partial charge on any atom is -0.459 e. The van der Waals surface area contributed by atoms with E-state index in [0.717, 1.165) is 5.57 Å². The molecule has 5 aliphatic rings. The Balaban J connectivity index is 1.76. The van der Waals surface area contributed by atoms with Crippen molar-refractivity contribution in [3.8, 4) is 0 Å². The smallest absolute Gasteiger partial charge is 0.313 e. The van der Waals surface area contributed by atoms with Crippen LogP contribution in [-0.4, -0.2) is 58.4 Å². The second-order valence-corrected chi connectivity index (χ2v) is 7.38. The Hall–Kier alpha value is -0.950. The van der Waals surface area contributed by atoms with E-state index < -0.39 is 46.8 Å². The molecule has 0 amide bonds. The highest BCUT2D eigenvalue weighted by Gasteiger charge is 2.94. The SMILES string of the molecule is C=C(C)[C@H]1[C@@H]2OC(=O)[C@H]1[C@]1(O)[C@H]3O[C@H]3[C@]3(CO3)[C@]1(C)[C@@H]2O. The van der Waals surface area contributed by atoms with Gasteiger partial charge in [0.1, 0.15) is 35.6 Å². The zero-order chi connectivity index (χ0) is 14.9. The molecule has 5 fully saturated rings. The van der Waals surface area contributed by atoms with E-state index in [2.05, 4.69) is 6.58 Å². The molecule has 0 aromatic carbocycles. The molecular formula is C15H18O6. The molecule has 21 heavy (non-hydrogen) atoms. The standard InChI is InChI=1S/C15H18O6/c1-5(2)6-7-12(17)20-8(6)9(16)13(3)14(4-19-14)10-11(21-10)15(7,13)18/h6-11,16,18H,1,4H2,2-3H3/t6-,7+,8+,9-,10-,11+,13+,14-,15+/m1/s1. The Morgan fingerprint density at radius 1 is 1.43 bits per heavy atom. The molecule has 3 aliphatic heterocycles. The largest absolute Gasteiger partial charge is 0.459 e. The predicted octanol–water partition coefficient (Wildman–Crippen LogP) is -0.618. The molecule has 1 spiro atoms. The van der Waals surface area contributed by atoms with Crippen molar-refractivity contribution < 1.29 is 29.2 Å². The molecule has 2 saturated carbocycles. The van der Waals surface area contributed by atoms with E-state index in [9.17, 15) is 15.0 Å². The highest BCUT2D eigenvalue weighted by molar-refractivity contribution is 5.80. The van der Waals surface area contributed by atoms with Crippen molar-refractivity contribution >= 4 is 5.97 Å². The Bertz CT molecular complexity index is 597. The number of esters is 1. The first-order chi connectivity index (χ1) is 9.80. The van der Waals surface area contributed by atoms with E-state index >= 15 is 0 Å². The Morgan fingerprint density at radius 3 is 2.67 bits per heavy atom. The molecule has 0 aromatic heterocycles.